The molecule has 4 nitrogen and oxygen atoms in total. The fourth-order valence-electron chi connectivity index (χ4n) is 1.76. The van der Waals surface area contributed by atoms with E-state index >= 15 is 0 Å². The SMILES string of the molecule is CC(C)(N)CNC(=O)C1CCCC1N.Cl. The number of hydrogen-bond donors (Lipinski definition) is 3. The van der Waals surface area contributed by atoms with Crippen LogP contribution in [0.4, 0.5) is 0 Å². The maximum atomic E-state index is 11.7. The van der Waals surface area contributed by atoms with Crippen molar-refractivity contribution in [1.29, 1.82) is 0 Å². The first-order chi connectivity index (χ1) is 6.40. The third kappa shape index (κ3) is 4.82. The smallest absolute Gasteiger partial charge is 0.224 e. The lowest BCUT2D eigenvalue weighted by Gasteiger charge is -2.21. The van der Waals surface area contributed by atoms with Gasteiger partial charge in [-0.1, -0.05) is 6.42 Å². The Morgan fingerprint density at radius 1 is 1.47 bits per heavy atom. The lowest BCUT2D eigenvalue weighted by atomic mass is 10.0. The Bertz CT molecular complexity index is 215. The van der Waals surface area contributed by atoms with E-state index in [1.165, 1.54) is 0 Å². The molecule has 1 aliphatic carbocycles. The van der Waals surface area contributed by atoms with E-state index in [0.717, 1.165) is 19.3 Å². The van der Waals surface area contributed by atoms with Gasteiger partial charge in [-0.3, -0.25) is 4.79 Å². The fraction of sp³-hybridized carbons (Fsp3) is 0.900. The Morgan fingerprint density at radius 3 is 2.47 bits per heavy atom. The molecule has 0 aromatic heterocycles. The van der Waals surface area contributed by atoms with Crippen molar-refractivity contribution in [2.75, 3.05) is 6.54 Å². The molecule has 0 spiro atoms. The normalized spacial score (nSPS) is 25.9. The van der Waals surface area contributed by atoms with E-state index in [2.05, 4.69) is 5.32 Å². The Labute approximate surface area is 97.6 Å². The van der Waals surface area contributed by atoms with Gasteiger partial charge in [0.25, 0.3) is 0 Å². The molecule has 0 aromatic carbocycles. The summed E-state index contributed by atoms with van der Waals surface area (Å²) in [6.07, 6.45) is 2.94. The molecular formula is C10H22ClN3O. The second-order valence-corrected chi connectivity index (χ2v) is 4.91. The zero-order chi connectivity index (χ0) is 10.8. The van der Waals surface area contributed by atoms with E-state index in [-0.39, 0.29) is 35.8 Å². The highest BCUT2D eigenvalue weighted by molar-refractivity contribution is 5.85. The van der Waals surface area contributed by atoms with Crippen LogP contribution in [0.1, 0.15) is 33.1 Å². The van der Waals surface area contributed by atoms with Crippen LogP contribution in [0.2, 0.25) is 0 Å². The molecule has 1 aliphatic rings. The van der Waals surface area contributed by atoms with Crippen molar-refractivity contribution in [3.8, 4) is 0 Å². The average molecular weight is 236 g/mol. The average Bonchev–Trinajstić information content (AvgIpc) is 2.46. The number of amides is 1. The second kappa shape index (κ2) is 5.68. The molecule has 2 unspecified atom stereocenters. The minimum atomic E-state index is -0.349. The summed E-state index contributed by atoms with van der Waals surface area (Å²) in [4.78, 5) is 11.7. The number of carbonyl (C=O) groups is 1. The molecule has 0 radical (unpaired) electrons. The van der Waals surface area contributed by atoms with Crippen LogP contribution >= 0.6 is 12.4 Å². The summed E-state index contributed by atoms with van der Waals surface area (Å²) in [5.74, 6) is 0.0610. The number of hydrogen-bond acceptors (Lipinski definition) is 3. The van der Waals surface area contributed by atoms with Gasteiger partial charge in [0.1, 0.15) is 0 Å². The van der Waals surface area contributed by atoms with Gasteiger partial charge in [0, 0.05) is 18.1 Å². The highest BCUT2D eigenvalue weighted by atomic mass is 35.5. The Morgan fingerprint density at radius 2 is 2.07 bits per heavy atom. The molecule has 2 atom stereocenters. The lowest BCUT2D eigenvalue weighted by Crippen LogP contribution is -2.48. The maximum absolute atomic E-state index is 11.7. The first kappa shape index (κ1) is 14.7. The van der Waals surface area contributed by atoms with Crippen molar-refractivity contribution in [3.05, 3.63) is 0 Å². The Kier molecular flexibility index (Phi) is 5.56. The van der Waals surface area contributed by atoms with Crippen molar-refractivity contribution < 1.29 is 4.79 Å². The second-order valence-electron chi connectivity index (χ2n) is 4.91. The number of nitrogens with two attached hydrogens (primary N) is 2. The van der Waals surface area contributed by atoms with Crippen LogP contribution in [-0.4, -0.2) is 24.0 Å². The zero-order valence-corrected chi connectivity index (χ0v) is 10.3. The van der Waals surface area contributed by atoms with Gasteiger partial charge in [-0.2, -0.15) is 0 Å². The van der Waals surface area contributed by atoms with Gasteiger partial charge in [-0.15, -0.1) is 12.4 Å². The molecule has 0 saturated heterocycles. The van der Waals surface area contributed by atoms with Crippen molar-refractivity contribution in [2.45, 2.75) is 44.7 Å². The summed E-state index contributed by atoms with van der Waals surface area (Å²) in [6, 6.07) is 0.0379. The highest BCUT2D eigenvalue weighted by Gasteiger charge is 2.30. The predicted octanol–water partition coefficient (Wildman–Crippen LogP) is 0.389. The molecule has 1 saturated carbocycles. The Balaban J connectivity index is 0.00000196. The van der Waals surface area contributed by atoms with E-state index in [9.17, 15) is 4.79 Å². The highest BCUT2D eigenvalue weighted by Crippen LogP contribution is 2.23. The summed E-state index contributed by atoms with van der Waals surface area (Å²) in [7, 11) is 0. The number of nitrogens with one attached hydrogen (secondary N) is 1. The van der Waals surface area contributed by atoms with Crippen molar-refractivity contribution in [3.63, 3.8) is 0 Å². The van der Waals surface area contributed by atoms with Gasteiger partial charge >= 0.3 is 0 Å². The largest absolute Gasteiger partial charge is 0.354 e. The third-order valence-electron chi connectivity index (χ3n) is 2.62. The summed E-state index contributed by atoms with van der Waals surface area (Å²) < 4.78 is 0. The molecule has 0 heterocycles. The van der Waals surface area contributed by atoms with Gasteiger partial charge in [0.05, 0.1) is 5.92 Å². The van der Waals surface area contributed by atoms with Crippen molar-refractivity contribution in [1.82, 2.24) is 5.32 Å². The van der Waals surface area contributed by atoms with Crippen LogP contribution in [0.15, 0.2) is 0 Å². The van der Waals surface area contributed by atoms with Crippen LogP contribution in [0, 0.1) is 5.92 Å². The van der Waals surface area contributed by atoms with Crippen LogP contribution < -0.4 is 16.8 Å². The number of halogens is 1. The van der Waals surface area contributed by atoms with Gasteiger partial charge in [0.2, 0.25) is 5.91 Å². The molecule has 1 fully saturated rings. The van der Waals surface area contributed by atoms with E-state index < -0.39 is 0 Å². The molecule has 5 N–H and O–H groups in total. The fourth-order valence-corrected chi connectivity index (χ4v) is 1.76. The van der Waals surface area contributed by atoms with Crippen molar-refractivity contribution >= 4 is 18.3 Å². The minimum absolute atomic E-state index is 0. The van der Waals surface area contributed by atoms with E-state index in [0.29, 0.717) is 6.54 Å². The number of carbonyl (C=O) groups excluding carboxylic acids is 1. The number of rotatable bonds is 3. The van der Waals surface area contributed by atoms with E-state index in [4.69, 9.17) is 11.5 Å². The molecule has 0 bridgehead atoms. The molecular weight excluding hydrogens is 214 g/mol. The summed E-state index contributed by atoms with van der Waals surface area (Å²) in [5, 5.41) is 2.85. The van der Waals surface area contributed by atoms with Crippen LogP contribution in [0.25, 0.3) is 0 Å². The summed E-state index contributed by atoms with van der Waals surface area (Å²) in [6.45, 7) is 4.29. The van der Waals surface area contributed by atoms with Gasteiger partial charge < -0.3 is 16.8 Å². The van der Waals surface area contributed by atoms with Gasteiger partial charge in [-0.05, 0) is 26.7 Å². The van der Waals surface area contributed by atoms with Gasteiger partial charge in [0.15, 0.2) is 0 Å². The van der Waals surface area contributed by atoms with Gasteiger partial charge in [-0.25, -0.2) is 0 Å². The van der Waals surface area contributed by atoms with Crippen LogP contribution in [-0.2, 0) is 4.79 Å². The Hall–Kier alpha value is -0.320. The van der Waals surface area contributed by atoms with Crippen LogP contribution in [0.5, 0.6) is 0 Å². The minimum Gasteiger partial charge on any atom is -0.354 e. The molecule has 1 rings (SSSR count). The van der Waals surface area contributed by atoms with Crippen molar-refractivity contribution in [2.24, 2.45) is 17.4 Å². The first-order valence-electron chi connectivity index (χ1n) is 5.22. The molecule has 90 valence electrons. The molecule has 15 heavy (non-hydrogen) atoms. The maximum Gasteiger partial charge on any atom is 0.224 e. The summed E-state index contributed by atoms with van der Waals surface area (Å²) >= 11 is 0. The summed E-state index contributed by atoms with van der Waals surface area (Å²) in [5.41, 5.74) is 11.2. The molecule has 5 heteroatoms. The van der Waals surface area contributed by atoms with E-state index in [1.54, 1.807) is 0 Å². The van der Waals surface area contributed by atoms with E-state index in [1.807, 2.05) is 13.8 Å². The topological polar surface area (TPSA) is 81.1 Å². The predicted molar refractivity (Wildman–Crippen MR) is 63.8 cm³/mol. The molecule has 0 aliphatic heterocycles. The molecule has 0 aromatic rings. The van der Waals surface area contributed by atoms with Crippen LogP contribution in [0.3, 0.4) is 0 Å². The molecule has 1 amide bonds. The quantitative estimate of drug-likeness (QED) is 0.662. The first-order valence-corrected chi connectivity index (χ1v) is 5.22. The lowest BCUT2D eigenvalue weighted by molar-refractivity contribution is -0.125. The monoisotopic (exact) mass is 235 g/mol. The zero-order valence-electron chi connectivity index (χ0n) is 9.45. The third-order valence-corrected chi connectivity index (χ3v) is 2.62. The standard InChI is InChI=1S/C10H21N3O.ClH/c1-10(2,12)6-13-9(14)7-4-3-5-8(7)11;/h7-8H,3-6,11-12H2,1-2H3,(H,13,14);1H.